The summed E-state index contributed by atoms with van der Waals surface area (Å²) in [4.78, 5) is 14.9. The highest BCUT2D eigenvalue weighted by Crippen LogP contribution is 2.33. The molecule has 0 spiro atoms. The van der Waals surface area contributed by atoms with Gasteiger partial charge in [0.05, 0.1) is 6.54 Å². The molecule has 0 aliphatic rings. The number of benzene rings is 2. The molecule has 0 radical (unpaired) electrons. The molecule has 5 heteroatoms. The van der Waals surface area contributed by atoms with Gasteiger partial charge in [0.15, 0.2) is 0 Å². The van der Waals surface area contributed by atoms with E-state index < -0.39 is 0 Å². The average molecular weight is 328 g/mol. The number of aromatic amines is 1. The van der Waals surface area contributed by atoms with Gasteiger partial charge in [-0.1, -0.05) is 48.0 Å². The van der Waals surface area contributed by atoms with Crippen molar-refractivity contribution in [3.8, 4) is 0 Å². The monoisotopic (exact) mass is 327 g/mol. The number of hydrogen-bond acceptors (Lipinski definition) is 2. The van der Waals surface area contributed by atoms with E-state index in [9.17, 15) is 4.79 Å². The first-order valence-corrected chi connectivity index (χ1v) is 7.85. The largest absolute Gasteiger partial charge is 0.361 e. The fraction of sp³-hybridized carbons (Fsp3) is 0.167. The number of fused-ring (bicyclic) bond motifs is 1. The Balaban J connectivity index is 2.04. The zero-order valence-corrected chi connectivity index (χ0v) is 13.3. The molecule has 1 amide bonds. The minimum absolute atomic E-state index is 0.0247. The minimum atomic E-state index is -0.179. The summed E-state index contributed by atoms with van der Waals surface area (Å²) in [7, 11) is 0. The molecule has 4 nitrogen and oxygen atoms in total. The number of nitrogens with one attached hydrogen (secondary N) is 2. The molecule has 0 saturated heterocycles. The van der Waals surface area contributed by atoms with Gasteiger partial charge in [0.1, 0.15) is 0 Å². The number of aromatic nitrogens is 1. The Morgan fingerprint density at radius 3 is 2.65 bits per heavy atom. The van der Waals surface area contributed by atoms with Crippen LogP contribution in [0.5, 0.6) is 0 Å². The van der Waals surface area contributed by atoms with E-state index in [-0.39, 0.29) is 18.4 Å². The smallest absolute Gasteiger partial charge is 0.233 e. The summed E-state index contributed by atoms with van der Waals surface area (Å²) < 4.78 is 0. The van der Waals surface area contributed by atoms with Crippen molar-refractivity contribution in [2.45, 2.75) is 5.92 Å². The fourth-order valence-corrected chi connectivity index (χ4v) is 3.08. The van der Waals surface area contributed by atoms with Gasteiger partial charge in [-0.15, -0.1) is 0 Å². The summed E-state index contributed by atoms with van der Waals surface area (Å²) in [5.74, 6) is -0.225. The second-order valence-electron chi connectivity index (χ2n) is 5.37. The van der Waals surface area contributed by atoms with Gasteiger partial charge in [0, 0.05) is 34.6 Å². The topological polar surface area (TPSA) is 70.9 Å². The van der Waals surface area contributed by atoms with Gasteiger partial charge < -0.3 is 16.0 Å². The quantitative estimate of drug-likeness (QED) is 0.674. The molecular weight excluding hydrogens is 310 g/mol. The predicted octanol–water partition coefficient (Wildman–Crippen LogP) is 3.03. The summed E-state index contributed by atoms with van der Waals surface area (Å²) in [6.45, 7) is 0.421. The van der Waals surface area contributed by atoms with Crippen molar-refractivity contribution in [3.05, 3.63) is 70.9 Å². The first-order chi connectivity index (χ1) is 11.2. The van der Waals surface area contributed by atoms with Crippen LogP contribution in [0.25, 0.3) is 10.9 Å². The zero-order chi connectivity index (χ0) is 16.2. The Morgan fingerprint density at radius 2 is 1.87 bits per heavy atom. The van der Waals surface area contributed by atoms with E-state index in [4.69, 9.17) is 17.3 Å². The minimum Gasteiger partial charge on any atom is -0.361 e. The maximum Gasteiger partial charge on any atom is 0.233 e. The summed E-state index contributed by atoms with van der Waals surface area (Å²) in [5.41, 5.74) is 8.54. The highest BCUT2D eigenvalue weighted by atomic mass is 35.5. The zero-order valence-electron chi connectivity index (χ0n) is 12.6. The molecule has 2 aromatic carbocycles. The molecule has 1 aromatic heterocycles. The highest BCUT2D eigenvalue weighted by molar-refractivity contribution is 6.31. The lowest BCUT2D eigenvalue weighted by atomic mass is 9.90. The van der Waals surface area contributed by atoms with Crippen LogP contribution in [0.1, 0.15) is 17.0 Å². The lowest BCUT2D eigenvalue weighted by molar-refractivity contribution is -0.119. The number of carbonyl (C=O) groups excluding carboxylic acids is 1. The predicted molar refractivity (Wildman–Crippen MR) is 93.7 cm³/mol. The van der Waals surface area contributed by atoms with Crippen LogP contribution in [0, 0.1) is 0 Å². The van der Waals surface area contributed by atoms with Gasteiger partial charge in [-0.2, -0.15) is 0 Å². The lowest BCUT2D eigenvalue weighted by Crippen LogP contribution is -2.33. The number of para-hydroxylation sites is 1. The van der Waals surface area contributed by atoms with Crippen molar-refractivity contribution < 1.29 is 4.79 Å². The first-order valence-electron chi connectivity index (χ1n) is 7.48. The Bertz CT molecular complexity index is 828. The molecule has 0 aliphatic heterocycles. The molecule has 0 aliphatic carbocycles. The van der Waals surface area contributed by atoms with E-state index in [1.807, 2.05) is 48.7 Å². The van der Waals surface area contributed by atoms with Crippen molar-refractivity contribution in [2.75, 3.05) is 13.1 Å². The molecule has 1 unspecified atom stereocenters. The Labute approximate surface area is 139 Å². The molecule has 3 aromatic rings. The van der Waals surface area contributed by atoms with Gasteiger partial charge in [0.2, 0.25) is 5.91 Å². The Hall–Kier alpha value is -2.30. The van der Waals surface area contributed by atoms with Crippen molar-refractivity contribution >= 4 is 28.4 Å². The molecule has 0 fully saturated rings. The van der Waals surface area contributed by atoms with Crippen molar-refractivity contribution in [3.63, 3.8) is 0 Å². The van der Waals surface area contributed by atoms with Crippen LogP contribution in [0.2, 0.25) is 5.02 Å². The SMILES string of the molecule is NCC(=O)NCC(c1ccccc1Cl)c1c[nH]c2ccccc12. The second-order valence-corrected chi connectivity index (χ2v) is 5.78. The van der Waals surface area contributed by atoms with Crippen LogP contribution in [0.15, 0.2) is 54.7 Å². The molecule has 1 heterocycles. The average Bonchev–Trinajstić information content (AvgIpc) is 3.00. The van der Waals surface area contributed by atoms with Gasteiger partial charge in [0.25, 0.3) is 0 Å². The van der Waals surface area contributed by atoms with E-state index in [2.05, 4.69) is 16.4 Å². The van der Waals surface area contributed by atoms with E-state index in [1.165, 1.54) is 0 Å². The van der Waals surface area contributed by atoms with Gasteiger partial charge in [-0.05, 0) is 23.3 Å². The third kappa shape index (κ3) is 3.23. The van der Waals surface area contributed by atoms with E-state index in [1.54, 1.807) is 0 Å². The number of halogens is 1. The Kier molecular flexibility index (Phi) is 4.65. The molecule has 0 bridgehead atoms. The summed E-state index contributed by atoms with van der Waals surface area (Å²) >= 11 is 6.39. The van der Waals surface area contributed by atoms with Crippen molar-refractivity contribution in [1.82, 2.24) is 10.3 Å². The molecule has 3 rings (SSSR count). The van der Waals surface area contributed by atoms with Crippen molar-refractivity contribution in [1.29, 1.82) is 0 Å². The first kappa shape index (κ1) is 15.6. The Morgan fingerprint density at radius 1 is 1.13 bits per heavy atom. The third-order valence-electron chi connectivity index (χ3n) is 3.97. The van der Waals surface area contributed by atoms with Crippen LogP contribution in [-0.4, -0.2) is 24.0 Å². The van der Waals surface area contributed by atoms with Crippen LogP contribution in [-0.2, 0) is 4.79 Å². The molecule has 1 atom stereocenters. The highest BCUT2D eigenvalue weighted by Gasteiger charge is 2.20. The van der Waals surface area contributed by atoms with E-state index in [0.717, 1.165) is 22.0 Å². The van der Waals surface area contributed by atoms with Gasteiger partial charge in [-0.25, -0.2) is 0 Å². The molecule has 118 valence electrons. The number of nitrogens with two attached hydrogens (primary N) is 1. The summed E-state index contributed by atoms with van der Waals surface area (Å²) in [5, 5.41) is 4.68. The maximum absolute atomic E-state index is 11.6. The molecule has 0 saturated carbocycles. The van der Waals surface area contributed by atoms with Crippen LogP contribution < -0.4 is 11.1 Å². The van der Waals surface area contributed by atoms with Gasteiger partial charge >= 0.3 is 0 Å². The van der Waals surface area contributed by atoms with Crippen LogP contribution in [0.4, 0.5) is 0 Å². The molecular formula is C18H18ClN3O. The van der Waals surface area contributed by atoms with E-state index >= 15 is 0 Å². The maximum atomic E-state index is 11.6. The number of H-pyrrole nitrogens is 1. The summed E-state index contributed by atoms with van der Waals surface area (Å²) in [6.07, 6.45) is 1.98. The number of hydrogen-bond donors (Lipinski definition) is 3. The second kappa shape index (κ2) is 6.86. The number of rotatable bonds is 5. The van der Waals surface area contributed by atoms with E-state index in [0.29, 0.717) is 11.6 Å². The fourth-order valence-electron chi connectivity index (χ4n) is 2.82. The third-order valence-corrected chi connectivity index (χ3v) is 4.31. The molecule has 23 heavy (non-hydrogen) atoms. The summed E-state index contributed by atoms with van der Waals surface area (Å²) in [6, 6.07) is 15.8. The number of carbonyl (C=O) groups is 1. The number of amides is 1. The van der Waals surface area contributed by atoms with Crippen molar-refractivity contribution in [2.24, 2.45) is 5.73 Å². The standard InChI is InChI=1S/C18H18ClN3O/c19-16-7-3-1-5-12(16)14(11-22-18(23)9-20)15-10-21-17-8-4-2-6-13(15)17/h1-8,10,14,21H,9,11,20H2,(H,22,23). The molecule has 4 N–H and O–H groups in total. The normalized spacial score (nSPS) is 12.3. The van der Waals surface area contributed by atoms with Crippen LogP contribution in [0.3, 0.4) is 0 Å². The van der Waals surface area contributed by atoms with Gasteiger partial charge in [-0.3, -0.25) is 4.79 Å². The van der Waals surface area contributed by atoms with Crippen LogP contribution >= 0.6 is 11.6 Å². The lowest BCUT2D eigenvalue weighted by Gasteiger charge is -2.19.